The molecule has 2 aliphatic heterocycles. The van der Waals surface area contributed by atoms with Crippen molar-refractivity contribution in [2.24, 2.45) is 28.6 Å². The number of aliphatic hydroxyl groups excluding tert-OH is 2. The molecular weight excluding hydrogens is 474 g/mol. The van der Waals surface area contributed by atoms with E-state index in [1.807, 2.05) is 27.7 Å². The maximum Gasteiger partial charge on any atom is 0.326 e. The number of carbonyl (C=O) groups excluding carboxylic acids is 1. The predicted molar refractivity (Wildman–Crippen MR) is 136 cm³/mol. The van der Waals surface area contributed by atoms with Crippen molar-refractivity contribution in [1.29, 1.82) is 0 Å². The molecule has 1 aromatic carbocycles. The number of aromatic hydroxyl groups is 1. The summed E-state index contributed by atoms with van der Waals surface area (Å²) in [6.45, 7) is 12.2. The third-order valence-corrected chi connectivity index (χ3v) is 10.9. The lowest BCUT2D eigenvalue weighted by atomic mass is 9.43. The fraction of sp³-hybridized carbons (Fsp3) is 0.724. The molecule has 1 amide bonds. The monoisotopic (exact) mass is 515 g/mol. The van der Waals surface area contributed by atoms with Crippen LogP contribution in [0.15, 0.2) is 6.07 Å². The Bertz CT molecular complexity index is 1150. The summed E-state index contributed by atoms with van der Waals surface area (Å²) in [5, 5.41) is 42.9. The van der Waals surface area contributed by atoms with E-state index >= 15 is 0 Å². The zero-order valence-corrected chi connectivity index (χ0v) is 22.7. The van der Waals surface area contributed by atoms with Gasteiger partial charge in [0.1, 0.15) is 23.1 Å². The second kappa shape index (κ2) is 8.34. The van der Waals surface area contributed by atoms with Gasteiger partial charge in [-0.1, -0.05) is 48.0 Å². The van der Waals surface area contributed by atoms with Crippen molar-refractivity contribution in [1.82, 2.24) is 4.90 Å². The summed E-state index contributed by atoms with van der Waals surface area (Å²) in [4.78, 5) is 27.0. The van der Waals surface area contributed by atoms with E-state index in [0.29, 0.717) is 41.7 Å². The first-order valence-electron chi connectivity index (χ1n) is 13.7. The molecular formula is C29H41NO7. The number of carboxylic acid groups (broad SMARTS) is 1. The number of hydrogen-bond acceptors (Lipinski definition) is 6. The quantitative estimate of drug-likeness (QED) is 0.481. The second-order valence-electron chi connectivity index (χ2n) is 13.0. The van der Waals surface area contributed by atoms with Crippen LogP contribution in [0.1, 0.15) is 88.7 Å². The van der Waals surface area contributed by atoms with Crippen molar-refractivity contribution in [2.45, 2.75) is 104 Å². The summed E-state index contributed by atoms with van der Waals surface area (Å²) in [6.07, 6.45) is 1.48. The van der Waals surface area contributed by atoms with E-state index in [9.17, 15) is 30.0 Å². The van der Waals surface area contributed by atoms with Crippen LogP contribution in [0.5, 0.6) is 11.5 Å². The molecule has 1 aromatic rings. The molecule has 1 spiro atoms. The summed E-state index contributed by atoms with van der Waals surface area (Å²) >= 11 is 0. The van der Waals surface area contributed by atoms with Crippen LogP contribution in [-0.2, 0) is 17.8 Å². The smallest absolute Gasteiger partial charge is 0.326 e. The van der Waals surface area contributed by atoms with Gasteiger partial charge in [0.2, 0.25) is 0 Å². The first-order valence-corrected chi connectivity index (χ1v) is 13.7. The van der Waals surface area contributed by atoms with Crippen molar-refractivity contribution >= 4 is 11.9 Å². The number of carboxylic acids is 1. The van der Waals surface area contributed by atoms with E-state index < -0.39 is 46.6 Å². The third-order valence-electron chi connectivity index (χ3n) is 10.9. The summed E-state index contributed by atoms with van der Waals surface area (Å²) < 4.78 is 6.97. The van der Waals surface area contributed by atoms with E-state index in [1.54, 1.807) is 0 Å². The van der Waals surface area contributed by atoms with Crippen LogP contribution in [0.25, 0.3) is 0 Å². The van der Waals surface area contributed by atoms with E-state index in [1.165, 1.54) is 11.0 Å². The minimum atomic E-state index is -1.04. The topological polar surface area (TPSA) is 128 Å². The summed E-state index contributed by atoms with van der Waals surface area (Å²) in [7, 11) is 0. The number of benzene rings is 1. The number of phenols is 1. The number of carbonyl (C=O) groups is 2. The van der Waals surface area contributed by atoms with Gasteiger partial charge in [-0.25, -0.2) is 4.79 Å². The number of hydrogen-bond donors (Lipinski definition) is 4. The molecule has 8 atom stereocenters. The predicted octanol–water partition coefficient (Wildman–Crippen LogP) is 3.73. The number of rotatable bonds is 4. The Morgan fingerprint density at radius 2 is 1.89 bits per heavy atom. The molecule has 2 saturated carbocycles. The molecule has 0 radical (unpaired) electrons. The summed E-state index contributed by atoms with van der Waals surface area (Å²) in [5.74, 6) is -1.00. The summed E-state index contributed by atoms with van der Waals surface area (Å²) in [6, 6.07) is 0.509. The molecule has 5 rings (SSSR count). The van der Waals surface area contributed by atoms with Crippen molar-refractivity contribution in [3.8, 4) is 11.5 Å². The Labute approximate surface area is 218 Å². The summed E-state index contributed by atoms with van der Waals surface area (Å²) in [5.41, 5.74) is -0.170. The minimum absolute atomic E-state index is 0.00943. The number of aliphatic carboxylic acids is 1. The zero-order chi connectivity index (χ0) is 27.2. The van der Waals surface area contributed by atoms with Crippen molar-refractivity contribution in [3.63, 3.8) is 0 Å². The fourth-order valence-electron chi connectivity index (χ4n) is 8.56. The van der Waals surface area contributed by atoms with Gasteiger partial charge in [0.15, 0.2) is 0 Å². The molecule has 4 N–H and O–H groups in total. The van der Waals surface area contributed by atoms with Gasteiger partial charge in [0.05, 0.1) is 24.3 Å². The highest BCUT2D eigenvalue weighted by Gasteiger charge is 2.69. The van der Waals surface area contributed by atoms with Gasteiger partial charge in [-0.2, -0.15) is 0 Å². The molecule has 0 unspecified atom stereocenters. The Morgan fingerprint density at radius 3 is 2.51 bits per heavy atom. The molecule has 4 aliphatic rings. The van der Waals surface area contributed by atoms with Gasteiger partial charge in [-0.15, -0.1) is 0 Å². The van der Waals surface area contributed by atoms with Crippen LogP contribution < -0.4 is 4.74 Å². The molecule has 0 saturated heterocycles. The fourth-order valence-corrected chi connectivity index (χ4v) is 8.56. The first-order chi connectivity index (χ1) is 17.2. The van der Waals surface area contributed by atoms with Gasteiger partial charge < -0.3 is 30.1 Å². The average molecular weight is 516 g/mol. The molecule has 2 fully saturated rings. The van der Waals surface area contributed by atoms with Crippen molar-refractivity contribution in [3.05, 3.63) is 22.8 Å². The number of phenolic OH excluding ortho intramolecular Hbond substituents is 1. The zero-order valence-electron chi connectivity index (χ0n) is 22.7. The molecule has 8 nitrogen and oxygen atoms in total. The lowest BCUT2D eigenvalue weighted by Gasteiger charge is -2.64. The SMILES string of the molecule is CC[C@H](C)[C@@H](C(=O)O)N1Cc2c(cc(O)c3c2O[C@]2(C3)[C@H](C)CC[C@@H]3C(C)(C)[C@H](O)[C@H](O)C[C@@]32C)C1=O. The normalized spacial score (nSPS) is 37.5. The highest BCUT2D eigenvalue weighted by molar-refractivity contribution is 6.02. The number of nitrogens with zero attached hydrogens (tertiary/aromatic N) is 1. The molecule has 0 aromatic heterocycles. The molecule has 0 bridgehead atoms. The second-order valence-corrected chi connectivity index (χ2v) is 13.0. The maximum absolute atomic E-state index is 13.4. The molecule has 2 heterocycles. The highest BCUT2D eigenvalue weighted by atomic mass is 16.5. The van der Waals surface area contributed by atoms with Crippen LogP contribution in [0.3, 0.4) is 0 Å². The number of amides is 1. The lowest BCUT2D eigenvalue weighted by Crippen LogP contribution is -2.69. The van der Waals surface area contributed by atoms with Crippen LogP contribution in [-0.4, -0.2) is 61.1 Å². The number of aliphatic hydroxyl groups is 2. The van der Waals surface area contributed by atoms with Gasteiger partial charge in [0.25, 0.3) is 5.91 Å². The number of ether oxygens (including phenoxy) is 1. The third kappa shape index (κ3) is 3.33. The minimum Gasteiger partial charge on any atom is -0.508 e. The maximum atomic E-state index is 13.4. The largest absolute Gasteiger partial charge is 0.508 e. The Morgan fingerprint density at radius 1 is 1.22 bits per heavy atom. The van der Waals surface area contributed by atoms with Crippen LogP contribution in [0.2, 0.25) is 0 Å². The average Bonchev–Trinajstić information content (AvgIpc) is 3.37. The van der Waals surface area contributed by atoms with E-state index in [0.717, 1.165) is 12.8 Å². The highest BCUT2D eigenvalue weighted by Crippen LogP contribution is 2.67. The van der Waals surface area contributed by atoms with Gasteiger partial charge in [-0.3, -0.25) is 4.79 Å². The Kier molecular flexibility index (Phi) is 5.93. The molecule has 2 aliphatic carbocycles. The van der Waals surface area contributed by atoms with Gasteiger partial charge in [0, 0.05) is 23.0 Å². The molecule has 8 heteroatoms. The Hall–Kier alpha value is -2.32. The van der Waals surface area contributed by atoms with Crippen molar-refractivity contribution in [2.75, 3.05) is 0 Å². The standard InChI is InChI=1S/C29H41NO7/c1-7-14(2)22(26(35)36)30-13-18-16(25(30)34)10-19(31)17-11-29(37-23(17)18)15(3)8-9-21-27(4,5)24(33)20(32)12-28(21,29)6/h10,14-15,20-22,24,31-33H,7-9,11-13H2,1-6H3,(H,35,36)/t14-,15+,20+,21+,22-,24+,28-,29+/m0/s1. The van der Waals surface area contributed by atoms with Crippen LogP contribution in [0.4, 0.5) is 0 Å². The van der Waals surface area contributed by atoms with E-state index in [4.69, 9.17) is 4.74 Å². The van der Waals surface area contributed by atoms with E-state index in [-0.39, 0.29) is 30.0 Å². The van der Waals surface area contributed by atoms with Crippen molar-refractivity contribution < 1.29 is 34.8 Å². The van der Waals surface area contributed by atoms with Gasteiger partial charge in [-0.05, 0) is 48.5 Å². The Balaban J connectivity index is 1.59. The van der Waals surface area contributed by atoms with Crippen LogP contribution >= 0.6 is 0 Å². The van der Waals surface area contributed by atoms with E-state index in [2.05, 4.69) is 13.8 Å². The number of fused-ring (bicyclic) bond motifs is 5. The van der Waals surface area contributed by atoms with Gasteiger partial charge >= 0.3 is 5.97 Å². The lowest BCUT2D eigenvalue weighted by molar-refractivity contribution is -0.240. The first kappa shape index (κ1) is 26.3. The molecule has 37 heavy (non-hydrogen) atoms. The van der Waals surface area contributed by atoms with Crippen LogP contribution in [0, 0.1) is 28.6 Å². The molecule has 204 valence electrons.